The Labute approximate surface area is 108 Å². The number of hydrogen-bond donors (Lipinski definition) is 2. The molecular weight excluding hydrogens is 232 g/mol. The fourth-order valence-electron chi connectivity index (χ4n) is 2.72. The lowest BCUT2D eigenvalue weighted by Crippen LogP contribution is -2.25. The smallest absolute Gasteiger partial charge is 0.0638 e. The molecule has 0 aliphatic heterocycles. The van der Waals surface area contributed by atoms with Crippen LogP contribution < -0.4 is 11.1 Å². The van der Waals surface area contributed by atoms with E-state index in [0.717, 1.165) is 12.5 Å². The predicted molar refractivity (Wildman–Crippen MR) is 72.0 cm³/mol. The lowest BCUT2D eigenvalue weighted by molar-refractivity contribution is 0.403. The minimum atomic E-state index is 0.659. The molecule has 2 nitrogen and oxygen atoms in total. The Morgan fingerprint density at radius 2 is 2.12 bits per heavy atom. The van der Waals surface area contributed by atoms with E-state index >= 15 is 0 Å². The van der Waals surface area contributed by atoms with Crippen molar-refractivity contribution >= 4 is 17.3 Å². The summed E-state index contributed by atoms with van der Waals surface area (Å²) in [6.07, 6.45) is 5.76. The number of nitrogens with two attached hydrogens (primary N) is 1. The predicted octanol–water partition coefficient (Wildman–Crippen LogP) is 3.20. The average molecular weight is 251 g/mol. The van der Waals surface area contributed by atoms with Crippen molar-refractivity contribution in [3.63, 3.8) is 0 Å². The zero-order valence-electron chi connectivity index (χ0n) is 10.0. The van der Waals surface area contributed by atoms with Gasteiger partial charge in [-0.1, -0.05) is 17.7 Å². The van der Waals surface area contributed by atoms with Gasteiger partial charge in [0.05, 0.1) is 10.7 Å². The molecule has 3 N–H and O–H groups in total. The van der Waals surface area contributed by atoms with Gasteiger partial charge in [0, 0.05) is 13.1 Å². The summed E-state index contributed by atoms with van der Waals surface area (Å²) in [4.78, 5) is 0. The van der Waals surface area contributed by atoms with Gasteiger partial charge >= 0.3 is 0 Å². The molecule has 2 aliphatic rings. The first-order chi connectivity index (χ1) is 8.20. The van der Waals surface area contributed by atoms with E-state index in [4.69, 9.17) is 17.3 Å². The summed E-state index contributed by atoms with van der Waals surface area (Å²) in [5, 5.41) is 4.23. The highest BCUT2D eigenvalue weighted by atomic mass is 35.5. The van der Waals surface area contributed by atoms with Crippen LogP contribution >= 0.6 is 11.6 Å². The summed E-state index contributed by atoms with van der Waals surface area (Å²) >= 11 is 6.00. The Bertz CT molecular complexity index is 422. The number of benzene rings is 1. The molecule has 0 bridgehead atoms. The van der Waals surface area contributed by atoms with Gasteiger partial charge in [0.15, 0.2) is 0 Å². The average Bonchev–Trinajstić information content (AvgIpc) is 3.14. The van der Waals surface area contributed by atoms with Crippen LogP contribution in [0, 0.1) is 11.3 Å². The van der Waals surface area contributed by atoms with Crippen LogP contribution in [0.5, 0.6) is 0 Å². The summed E-state index contributed by atoms with van der Waals surface area (Å²) in [6.45, 7) is 2.06. The second-order valence-corrected chi connectivity index (χ2v) is 6.00. The van der Waals surface area contributed by atoms with E-state index in [1.165, 1.54) is 37.8 Å². The lowest BCUT2D eigenvalue weighted by Gasteiger charge is -2.15. The van der Waals surface area contributed by atoms with Crippen molar-refractivity contribution in [2.75, 3.05) is 12.3 Å². The molecule has 0 spiro atoms. The van der Waals surface area contributed by atoms with E-state index < -0.39 is 0 Å². The fraction of sp³-hybridized carbons (Fsp3) is 0.571. The Hall–Kier alpha value is -0.730. The number of nitrogens with one attached hydrogen (secondary N) is 1. The highest BCUT2D eigenvalue weighted by molar-refractivity contribution is 6.33. The quantitative estimate of drug-likeness (QED) is 0.788. The number of halogens is 1. The first-order valence-corrected chi connectivity index (χ1v) is 6.82. The topological polar surface area (TPSA) is 38.0 Å². The van der Waals surface area contributed by atoms with Gasteiger partial charge in [-0.05, 0) is 54.7 Å². The lowest BCUT2D eigenvalue weighted by atomic mass is 10.0. The van der Waals surface area contributed by atoms with E-state index in [2.05, 4.69) is 5.32 Å². The fourth-order valence-corrected chi connectivity index (χ4v) is 2.93. The zero-order chi connectivity index (χ0) is 11.9. The molecule has 3 heteroatoms. The molecule has 0 aromatic heterocycles. The number of anilines is 1. The van der Waals surface area contributed by atoms with E-state index in [1.54, 1.807) is 0 Å². The van der Waals surface area contributed by atoms with Crippen molar-refractivity contribution in [2.45, 2.75) is 32.2 Å². The van der Waals surface area contributed by atoms with Crippen LogP contribution in [0.2, 0.25) is 5.02 Å². The van der Waals surface area contributed by atoms with Gasteiger partial charge in [0.1, 0.15) is 0 Å². The van der Waals surface area contributed by atoms with Crippen LogP contribution in [0.4, 0.5) is 5.69 Å². The van der Waals surface area contributed by atoms with Crippen LogP contribution in [-0.2, 0) is 6.54 Å². The molecule has 3 rings (SSSR count). The molecule has 2 saturated carbocycles. The second kappa shape index (κ2) is 4.18. The van der Waals surface area contributed by atoms with Gasteiger partial charge in [0.25, 0.3) is 0 Å². The maximum atomic E-state index is 6.00. The van der Waals surface area contributed by atoms with Crippen LogP contribution in [0.1, 0.15) is 31.2 Å². The molecule has 17 heavy (non-hydrogen) atoms. The summed E-state index contributed by atoms with van der Waals surface area (Å²) in [5.74, 6) is 1.02. The molecule has 1 aromatic carbocycles. The van der Waals surface area contributed by atoms with Crippen LogP contribution in [-0.4, -0.2) is 6.54 Å². The van der Waals surface area contributed by atoms with Gasteiger partial charge in [-0.25, -0.2) is 0 Å². The maximum absolute atomic E-state index is 6.00. The summed E-state index contributed by atoms with van der Waals surface area (Å²) in [6, 6.07) is 5.89. The Balaban J connectivity index is 1.52. The first kappa shape index (κ1) is 11.4. The highest BCUT2D eigenvalue weighted by Crippen LogP contribution is 2.60. The maximum Gasteiger partial charge on any atom is 0.0638 e. The SMILES string of the molecule is Nc1ccc(CNCC2(C3CC3)CC2)cc1Cl. The number of hydrogen-bond acceptors (Lipinski definition) is 2. The second-order valence-electron chi connectivity index (χ2n) is 5.60. The third-order valence-corrected chi connectivity index (χ3v) is 4.53. The monoisotopic (exact) mass is 250 g/mol. The van der Waals surface area contributed by atoms with E-state index in [-0.39, 0.29) is 0 Å². The number of nitrogen functional groups attached to an aromatic ring is 1. The minimum absolute atomic E-state index is 0.659. The van der Waals surface area contributed by atoms with Crippen molar-refractivity contribution in [1.82, 2.24) is 5.32 Å². The molecule has 0 amide bonds. The third-order valence-electron chi connectivity index (χ3n) is 4.21. The van der Waals surface area contributed by atoms with Gasteiger partial charge in [-0.2, -0.15) is 0 Å². The van der Waals surface area contributed by atoms with Crippen LogP contribution in [0.15, 0.2) is 18.2 Å². The Kier molecular flexibility index (Phi) is 2.80. The molecule has 92 valence electrons. The van der Waals surface area contributed by atoms with E-state index in [0.29, 0.717) is 16.1 Å². The largest absolute Gasteiger partial charge is 0.398 e. The molecule has 0 heterocycles. The summed E-state index contributed by atoms with van der Waals surface area (Å²) in [7, 11) is 0. The molecular formula is C14H19ClN2. The van der Waals surface area contributed by atoms with Crippen molar-refractivity contribution < 1.29 is 0 Å². The van der Waals surface area contributed by atoms with Gasteiger partial charge < -0.3 is 11.1 Å². The van der Waals surface area contributed by atoms with Crippen molar-refractivity contribution in [2.24, 2.45) is 11.3 Å². The van der Waals surface area contributed by atoms with Crippen LogP contribution in [0.3, 0.4) is 0 Å². The van der Waals surface area contributed by atoms with E-state index in [1.807, 2.05) is 18.2 Å². The van der Waals surface area contributed by atoms with Crippen molar-refractivity contribution in [1.29, 1.82) is 0 Å². The minimum Gasteiger partial charge on any atom is -0.398 e. The summed E-state index contributed by atoms with van der Waals surface area (Å²) in [5.41, 5.74) is 8.23. The third kappa shape index (κ3) is 2.43. The van der Waals surface area contributed by atoms with Gasteiger partial charge in [-0.15, -0.1) is 0 Å². The standard InChI is InChI=1S/C14H19ClN2/c15-12-7-10(1-4-13(12)16)8-17-9-14(5-6-14)11-2-3-11/h1,4,7,11,17H,2-3,5-6,8-9,16H2. The van der Waals surface area contributed by atoms with Crippen LogP contribution in [0.25, 0.3) is 0 Å². The van der Waals surface area contributed by atoms with Gasteiger partial charge in [-0.3, -0.25) is 0 Å². The Morgan fingerprint density at radius 1 is 1.35 bits per heavy atom. The van der Waals surface area contributed by atoms with Crippen molar-refractivity contribution in [3.8, 4) is 0 Å². The molecule has 0 saturated heterocycles. The highest BCUT2D eigenvalue weighted by Gasteiger charge is 2.53. The Morgan fingerprint density at radius 3 is 2.71 bits per heavy atom. The first-order valence-electron chi connectivity index (χ1n) is 6.44. The zero-order valence-corrected chi connectivity index (χ0v) is 10.8. The molecule has 1 aromatic rings. The molecule has 0 unspecified atom stereocenters. The molecule has 2 aliphatic carbocycles. The van der Waals surface area contributed by atoms with Crippen molar-refractivity contribution in [3.05, 3.63) is 28.8 Å². The molecule has 0 atom stereocenters. The molecule has 2 fully saturated rings. The normalized spacial score (nSPS) is 21.5. The van der Waals surface area contributed by atoms with E-state index in [9.17, 15) is 0 Å². The molecule has 0 radical (unpaired) electrons. The van der Waals surface area contributed by atoms with Gasteiger partial charge in [0.2, 0.25) is 0 Å². The summed E-state index contributed by atoms with van der Waals surface area (Å²) < 4.78 is 0. The number of rotatable bonds is 5.